The molecular formula is C17H7Cl8N2. The molecule has 1 radical (unpaired) electrons. The lowest BCUT2D eigenvalue weighted by Crippen LogP contribution is -2.36. The van der Waals surface area contributed by atoms with Crippen LogP contribution >= 0.6 is 93.0 Å². The Bertz CT molecular complexity index is 852. The zero-order chi connectivity index (χ0) is 19.9. The Balaban J connectivity index is 2.33. The quantitative estimate of drug-likeness (QED) is 0.369. The monoisotopic (exact) mass is 519 g/mol. The molecule has 0 saturated carbocycles. The molecule has 0 fully saturated rings. The van der Waals surface area contributed by atoms with Gasteiger partial charge in [-0.15, -0.1) is 0 Å². The number of rotatable bonds is 3. The normalized spacial score (nSPS) is 16.9. The summed E-state index contributed by atoms with van der Waals surface area (Å²) in [6.07, 6.45) is 2.86. The van der Waals surface area contributed by atoms with Crippen molar-refractivity contribution in [2.24, 2.45) is 4.99 Å². The Kier molecular flexibility index (Phi) is 7.04. The van der Waals surface area contributed by atoms with Crippen LogP contribution in [0, 0.1) is 5.92 Å². The first-order chi connectivity index (χ1) is 12.7. The Labute approximate surface area is 196 Å². The van der Waals surface area contributed by atoms with Crippen LogP contribution in [0.3, 0.4) is 0 Å². The van der Waals surface area contributed by atoms with Gasteiger partial charge in [0.1, 0.15) is 6.34 Å². The van der Waals surface area contributed by atoms with Crippen molar-refractivity contribution in [3.63, 3.8) is 0 Å². The molecule has 0 bridgehead atoms. The number of hydrogen-bond acceptors (Lipinski definition) is 2. The van der Waals surface area contributed by atoms with Crippen molar-refractivity contribution < 1.29 is 0 Å². The molecule has 0 N–H and O–H groups in total. The summed E-state index contributed by atoms with van der Waals surface area (Å²) in [6, 6.07) is 5.49. The summed E-state index contributed by atoms with van der Waals surface area (Å²) in [5.74, 6) is 0.482. The van der Waals surface area contributed by atoms with Crippen LogP contribution in [0.25, 0.3) is 0 Å². The molecule has 1 heterocycles. The molecule has 0 saturated heterocycles. The maximum atomic E-state index is 6.47. The lowest BCUT2D eigenvalue weighted by atomic mass is 9.84. The average molecular weight is 523 g/mol. The fourth-order valence-electron chi connectivity index (χ4n) is 2.68. The topological polar surface area (TPSA) is 15.6 Å². The number of aliphatic imine (C=N–C) groups is 1. The fraction of sp³-hybridized carbons (Fsp3) is 0.0588. The largest absolute Gasteiger partial charge is 0.265 e. The predicted molar refractivity (Wildman–Crippen MR) is 118 cm³/mol. The Morgan fingerprint density at radius 3 is 1.52 bits per heavy atom. The van der Waals surface area contributed by atoms with E-state index in [4.69, 9.17) is 93.0 Å². The Morgan fingerprint density at radius 2 is 1.15 bits per heavy atom. The third kappa shape index (κ3) is 4.44. The van der Waals surface area contributed by atoms with E-state index < -0.39 is 6.04 Å². The van der Waals surface area contributed by atoms with Gasteiger partial charge in [0.2, 0.25) is 0 Å². The van der Waals surface area contributed by atoms with E-state index in [0.717, 1.165) is 0 Å². The molecule has 0 amide bonds. The highest BCUT2D eigenvalue weighted by Gasteiger charge is 2.38. The molecule has 2 nitrogen and oxygen atoms in total. The van der Waals surface area contributed by atoms with E-state index in [9.17, 15) is 0 Å². The first-order valence-electron chi connectivity index (χ1n) is 7.20. The highest BCUT2D eigenvalue weighted by molar-refractivity contribution is 6.42. The van der Waals surface area contributed by atoms with Crippen molar-refractivity contribution in [2.75, 3.05) is 0 Å². The van der Waals surface area contributed by atoms with Gasteiger partial charge in [-0.05, 0) is 24.3 Å². The standard InChI is InChI=1S/C17H7Cl8N2/c18-7-1-9(20)14(10(21)2-7)16(17-13(24)5-26-6-27(17)25)15-11(22)3-8(19)4-12(15)23/h1-6,17H. The molecule has 2 aromatic rings. The van der Waals surface area contributed by atoms with Crippen molar-refractivity contribution in [3.8, 4) is 0 Å². The zero-order valence-corrected chi connectivity index (χ0v) is 19.0. The van der Waals surface area contributed by atoms with Gasteiger partial charge in [-0.25, -0.2) is 4.99 Å². The van der Waals surface area contributed by atoms with Gasteiger partial charge in [0.15, 0.2) is 0 Å². The molecule has 1 unspecified atom stereocenters. The summed E-state index contributed by atoms with van der Waals surface area (Å²) in [5, 5.41) is 2.17. The number of benzene rings is 2. The van der Waals surface area contributed by atoms with Crippen LogP contribution in [0.5, 0.6) is 0 Å². The van der Waals surface area contributed by atoms with E-state index in [2.05, 4.69) is 4.99 Å². The minimum absolute atomic E-state index is 0.279. The summed E-state index contributed by atoms with van der Waals surface area (Å²) < 4.78 is 1.28. The highest BCUT2D eigenvalue weighted by atomic mass is 35.5. The lowest BCUT2D eigenvalue weighted by molar-refractivity contribution is 0.572. The Hall–Kier alpha value is -0.0300. The summed E-state index contributed by atoms with van der Waals surface area (Å²) >= 11 is 50.8. The second-order valence-electron chi connectivity index (χ2n) is 5.43. The zero-order valence-electron chi connectivity index (χ0n) is 13.0. The smallest absolute Gasteiger partial charge is 0.106 e. The number of nitrogens with zero attached hydrogens (tertiary/aromatic N) is 2. The molecule has 1 aliphatic rings. The number of hydrogen-bond donors (Lipinski definition) is 0. The molecule has 10 heteroatoms. The van der Waals surface area contributed by atoms with E-state index in [-0.39, 0.29) is 20.1 Å². The van der Waals surface area contributed by atoms with E-state index in [1.54, 1.807) is 24.3 Å². The Morgan fingerprint density at radius 1 is 0.741 bits per heavy atom. The molecule has 1 aliphatic heterocycles. The van der Waals surface area contributed by atoms with Gasteiger partial charge in [-0.2, -0.15) is 0 Å². The second kappa shape index (κ2) is 8.77. The molecule has 0 spiro atoms. The van der Waals surface area contributed by atoms with Crippen LogP contribution in [-0.2, 0) is 0 Å². The summed E-state index contributed by atoms with van der Waals surface area (Å²) in [6.45, 7) is 0. The van der Waals surface area contributed by atoms with Crippen LogP contribution in [0.2, 0.25) is 30.1 Å². The highest BCUT2D eigenvalue weighted by Crippen LogP contribution is 2.47. The van der Waals surface area contributed by atoms with E-state index in [0.29, 0.717) is 32.1 Å². The minimum atomic E-state index is -0.710. The fourth-order valence-corrected chi connectivity index (χ4v) is 5.30. The van der Waals surface area contributed by atoms with Crippen LogP contribution in [0.15, 0.2) is 40.5 Å². The number of halogens is 8. The van der Waals surface area contributed by atoms with Crippen LogP contribution in [0.4, 0.5) is 0 Å². The molecular weight excluding hydrogens is 516 g/mol. The van der Waals surface area contributed by atoms with Gasteiger partial charge in [0.25, 0.3) is 0 Å². The van der Waals surface area contributed by atoms with Crippen LogP contribution < -0.4 is 0 Å². The SMILES string of the molecule is ClC1=CN=CN(Cl)C1[C](c1c(Cl)cc(Cl)cc1Cl)c1c(Cl)cc(Cl)cc1Cl. The molecule has 0 aromatic heterocycles. The summed E-state index contributed by atoms with van der Waals surface area (Å²) in [4.78, 5) is 3.96. The van der Waals surface area contributed by atoms with Crippen LogP contribution in [0.1, 0.15) is 11.1 Å². The van der Waals surface area contributed by atoms with E-state index in [1.807, 2.05) is 0 Å². The van der Waals surface area contributed by atoms with Gasteiger partial charge in [-0.1, -0.05) is 81.2 Å². The van der Waals surface area contributed by atoms with Gasteiger partial charge >= 0.3 is 0 Å². The molecule has 1 atom stereocenters. The average Bonchev–Trinajstić information content (AvgIpc) is 2.52. The molecule has 27 heavy (non-hydrogen) atoms. The van der Waals surface area contributed by atoms with Gasteiger partial charge in [-0.3, -0.25) is 4.42 Å². The second-order valence-corrected chi connectivity index (χ2v) is 8.76. The van der Waals surface area contributed by atoms with Gasteiger partial charge in [0.05, 0.1) is 17.0 Å². The first kappa shape index (κ1) is 21.7. The third-order valence-electron chi connectivity index (χ3n) is 3.71. The van der Waals surface area contributed by atoms with Crippen molar-refractivity contribution in [1.29, 1.82) is 0 Å². The minimum Gasteiger partial charge on any atom is -0.265 e. The van der Waals surface area contributed by atoms with Crippen molar-refractivity contribution in [1.82, 2.24) is 4.42 Å². The maximum absolute atomic E-state index is 6.47. The van der Waals surface area contributed by atoms with Crippen molar-refractivity contribution in [3.05, 3.63) is 82.7 Å². The van der Waals surface area contributed by atoms with Crippen LogP contribution in [-0.4, -0.2) is 16.8 Å². The first-order valence-corrected chi connectivity index (χ1v) is 10.2. The molecule has 3 rings (SSSR count). The maximum Gasteiger partial charge on any atom is 0.106 e. The summed E-state index contributed by atoms with van der Waals surface area (Å²) in [7, 11) is 0. The lowest BCUT2D eigenvalue weighted by Gasteiger charge is -2.34. The van der Waals surface area contributed by atoms with Gasteiger partial charge < -0.3 is 0 Å². The molecule has 141 valence electrons. The van der Waals surface area contributed by atoms with E-state index in [1.165, 1.54) is 17.0 Å². The predicted octanol–water partition coefficient (Wildman–Crippen LogP) is 8.52. The van der Waals surface area contributed by atoms with Crippen molar-refractivity contribution in [2.45, 2.75) is 6.04 Å². The van der Waals surface area contributed by atoms with Gasteiger partial charge in [0, 0.05) is 59.2 Å². The molecule has 0 aliphatic carbocycles. The van der Waals surface area contributed by atoms with E-state index >= 15 is 0 Å². The molecule has 2 aromatic carbocycles. The summed E-state index contributed by atoms with van der Waals surface area (Å²) in [5.41, 5.74) is 0.873. The third-order valence-corrected chi connectivity index (χ3v) is 5.92. The van der Waals surface area contributed by atoms with Crippen molar-refractivity contribution >= 4 is 99.3 Å².